The minimum atomic E-state index is -1.18. The molecular weight excluding hydrogens is 353 g/mol. The number of likely N-dealkylation sites (N-methyl/N-ethyl adjacent to an activating group) is 1. The van der Waals surface area contributed by atoms with E-state index in [1.165, 1.54) is 41.9 Å². The highest BCUT2D eigenvalue weighted by Crippen LogP contribution is 2.26. The molecule has 1 atom stereocenters. The average molecular weight is 373 g/mol. The van der Waals surface area contributed by atoms with E-state index in [1.54, 1.807) is 19.1 Å². The van der Waals surface area contributed by atoms with Gasteiger partial charge in [0.05, 0.1) is 6.54 Å². The van der Waals surface area contributed by atoms with E-state index in [0.29, 0.717) is 0 Å². The number of nitrogens with zero attached hydrogens (tertiary/aromatic N) is 3. The highest BCUT2D eigenvalue weighted by atomic mass is 19.1. The number of amides is 3. The fourth-order valence-electron chi connectivity index (χ4n) is 2.94. The summed E-state index contributed by atoms with van der Waals surface area (Å²) in [5, 5.41) is 9.38. The van der Waals surface area contributed by atoms with Crippen LogP contribution in [0.25, 0.3) is 0 Å². The van der Waals surface area contributed by atoms with E-state index in [4.69, 9.17) is 0 Å². The van der Waals surface area contributed by atoms with Crippen LogP contribution in [0, 0.1) is 5.82 Å². The summed E-state index contributed by atoms with van der Waals surface area (Å²) in [7, 11) is 3.01. The van der Waals surface area contributed by atoms with Crippen LogP contribution in [0.3, 0.4) is 0 Å². The van der Waals surface area contributed by atoms with Crippen molar-refractivity contribution in [3.05, 3.63) is 53.1 Å². The normalized spacial score (nSPS) is 18.8. The molecule has 1 aromatic carbocycles. The molecule has 0 fully saturated rings. The summed E-state index contributed by atoms with van der Waals surface area (Å²) in [6.45, 7) is 1.94. The Morgan fingerprint density at radius 2 is 1.96 bits per heavy atom. The Labute approximate surface area is 155 Å². The molecule has 3 rings (SSSR count). The van der Waals surface area contributed by atoms with Gasteiger partial charge in [-0.15, -0.1) is 0 Å². The van der Waals surface area contributed by atoms with E-state index in [-0.39, 0.29) is 36.2 Å². The largest absolute Gasteiger partial charge is 0.354 e. The molecule has 0 spiro atoms. The molecule has 0 saturated carbocycles. The molecule has 3 amide bonds. The van der Waals surface area contributed by atoms with Crippen molar-refractivity contribution in [3.63, 3.8) is 0 Å². The van der Waals surface area contributed by atoms with E-state index in [9.17, 15) is 18.8 Å². The first-order chi connectivity index (χ1) is 12.8. The molecule has 1 aliphatic heterocycles. The Hall–Kier alpha value is -3.23. The maximum Gasteiger partial charge on any atom is 0.272 e. The third-order valence-corrected chi connectivity index (χ3v) is 4.82. The van der Waals surface area contributed by atoms with Gasteiger partial charge in [-0.05, 0) is 24.6 Å². The van der Waals surface area contributed by atoms with Crippen molar-refractivity contribution in [2.45, 2.75) is 25.6 Å². The number of hydrogen-bond donors (Lipinski definition) is 2. The molecule has 0 radical (unpaired) electrons. The Kier molecular flexibility index (Phi) is 4.69. The first-order valence-electron chi connectivity index (χ1n) is 8.37. The van der Waals surface area contributed by atoms with Gasteiger partial charge in [-0.1, -0.05) is 12.1 Å². The quantitative estimate of drug-likeness (QED) is 0.818. The number of benzene rings is 1. The van der Waals surface area contributed by atoms with Gasteiger partial charge >= 0.3 is 0 Å². The molecule has 1 aliphatic rings. The predicted molar refractivity (Wildman–Crippen MR) is 94.4 cm³/mol. The first-order valence-corrected chi connectivity index (χ1v) is 8.37. The topological polar surface area (TPSA) is 96.3 Å². The molecule has 2 aromatic rings. The van der Waals surface area contributed by atoms with Gasteiger partial charge in [0.15, 0.2) is 5.69 Å². The number of rotatable bonds is 4. The molecule has 27 heavy (non-hydrogen) atoms. The van der Waals surface area contributed by atoms with E-state index >= 15 is 0 Å². The van der Waals surface area contributed by atoms with Gasteiger partial charge in [0.2, 0.25) is 5.91 Å². The minimum Gasteiger partial charge on any atom is -0.354 e. The molecule has 8 nitrogen and oxygen atoms in total. The van der Waals surface area contributed by atoms with Crippen LogP contribution in [0.4, 0.5) is 4.39 Å². The Morgan fingerprint density at radius 3 is 2.59 bits per heavy atom. The summed E-state index contributed by atoms with van der Waals surface area (Å²) >= 11 is 0. The fourth-order valence-corrected chi connectivity index (χ4v) is 2.94. The molecule has 0 bridgehead atoms. The van der Waals surface area contributed by atoms with E-state index in [1.807, 2.05) is 0 Å². The van der Waals surface area contributed by atoms with Gasteiger partial charge in [-0.2, -0.15) is 5.10 Å². The number of carbonyl (C=O) groups is 3. The Balaban J connectivity index is 1.81. The molecule has 0 saturated heterocycles. The molecular formula is C18H20FN5O3. The lowest BCUT2D eigenvalue weighted by Crippen LogP contribution is -2.62. The number of aromatic nitrogens is 2. The van der Waals surface area contributed by atoms with Crippen LogP contribution in [0.2, 0.25) is 0 Å². The lowest BCUT2D eigenvalue weighted by atomic mass is 9.96. The number of carbonyl (C=O) groups excluding carboxylic acids is 3. The van der Waals surface area contributed by atoms with Crippen molar-refractivity contribution < 1.29 is 18.8 Å². The second-order valence-electron chi connectivity index (χ2n) is 6.60. The summed E-state index contributed by atoms with van der Waals surface area (Å²) in [4.78, 5) is 38.6. The predicted octanol–water partition coefficient (Wildman–Crippen LogP) is 0.542. The van der Waals surface area contributed by atoms with E-state index < -0.39 is 17.4 Å². The van der Waals surface area contributed by atoms with Crippen LogP contribution in [0.5, 0.6) is 0 Å². The van der Waals surface area contributed by atoms with Crippen LogP contribution in [-0.4, -0.2) is 52.0 Å². The Morgan fingerprint density at radius 1 is 1.30 bits per heavy atom. The lowest BCUT2D eigenvalue weighted by molar-refractivity contribution is -0.132. The zero-order valence-corrected chi connectivity index (χ0v) is 15.2. The van der Waals surface area contributed by atoms with E-state index in [2.05, 4.69) is 15.7 Å². The molecule has 142 valence electrons. The highest BCUT2D eigenvalue weighted by Gasteiger charge is 2.46. The van der Waals surface area contributed by atoms with Crippen molar-refractivity contribution in [2.75, 3.05) is 14.1 Å². The van der Waals surface area contributed by atoms with Crippen molar-refractivity contribution in [3.8, 4) is 0 Å². The standard InChI is InChI=1S/C18H20FN5O3/c1-18(17(27)21-9-11-4-6-12(19)7-5-11)10-24-14(16(26)23(18)3)8-13(22-24)15(25)20-2/h4-8H,9-10H2,1-3H3,(H,20,25)(H,21,27). The average Bonchev–Trinajstić information content (AvgIpc) is 3.08. The van der Waals surface area contributed by atoms with E-state index in [0.717, 1.165) is 5.56 Å². The zero-order chi connectivity index (χ0) is 19.8. The monoisotopic (exact) mass is 373 g/mol. The molecule has 2 heterocycles. The highest BCUT2D eigenvalue weighted by molar-refractivity contribution is 6.01. The van der Waals surface area contributed by atoms with Crippen molar-refractivity contribution >= 4 is 17.7 Å². The summed E-state index contributed by atoms with van der Waals surface area (Å²) in [6.07, 6.45) is 0. The molecule has 9 heteroatoms. The van der Waals surface area contributed by atoms with Crippen LogP contribution >= 0.6 is 0 Å². The minimum absolute atomic E-state index is 0.108. The number of nitrogens with one attached hydrogen (secondary N) is 2. The third-order valence-electron chi connectivity index (χ3n) is 4.82. The first kappa shape index (κ1) is 18.6. The smallest absolute Gasteiger partial charge is 0.272 e. The summed E-state index contributed by atoms with van der Waals surface area (Å²) in [5.41, 5.74) is -0.0826. The molecule has 1 aromatic heterocycles. The van der Waals surface area contributed by atoms with Gasteiger partial charge in [0, 0.05) is 26.7 Å². The molecule has 0 aliphatic carbocycles. The van der Waals surface area contributed by atoms with Crippen molar-refractivity contribution in [1.82, 2.24) is 25.3 Å². The molecule has 1 unspecified atom stereocenters. The Bertz CT molecular complexity index is 908. The van der Waals surface area contributed by atoms with Crippen molar-refractivity contribution in [2.24, 2.45) is 0 Å². The maximum atomic E-state index is 13.0. The summed E-state index contributed by atoms with van der Waals surface area (Å²) in [6, 6.07) is 7.20. The van der Waals surface area contributed by atoms with Gasteiger partial charge in [-0.25, -0.2) is 4.39 Å². The number of halogens is 1. The summed E-state index contributed by atoms with van der Waals surface area (Å²) < 4.78 is 14.4. The second kappa shape index (κ2) is 6.82. The van der Waals surface area contributed by atoms with Crippen LogP contribution in [0.15, 0.2) is 30.3 Å². The van der Waals surface area contributed by atoms with Crippen LogP contribution in [0.1, 0.15) is 33.5 Å². The van der Waals surface area contributed by atoms with Gasteiger partial charge < -0.3 is 15.5 Å². The van der Waals surface area contributed by atoms with Crippen LogP contribution < -0.4 is 10.6 Å². The number of hydrogen-bond acceptors (Lipinski definition) is 4. The zero-order valence-electron chi connectivity index (χ0n) is 15.2. The van der Waals surface area contributed by atoms with Crippen molar-refractivity contribution in [1.29, 1.82) is 0 Å². The summed E-state index contributed by atoms with van der Waals surface area (Å²) in [5.74, 6) is -1.53. The lowest BCUT2D eigenvalue weighted by Gasteiger charge is -2.40. The third kappa shape index (κ3) is 3.27. The van der Waals surface area contributed by atoms with Crippen LogP contribution in [-0.2, 0) is 17.9 Å². The van der Waals surface area contributed by atoms with Gasteiger partial charge in [-0.3, -0.25) is 19.1 Å². The maximum absolute atomic E-state index is 13.0. The number of fused-ring (bicyclic) bond motifs is 1. The van der Waals surface area contributed by atoms with Gasteiger partial charge in [0.1, 0.15) is 17.1 Å². The SMILES string of the molecule is CNC(=O)c1cc2n(n1)CC(C)(C(=O)NCc1ccc(F)cc1)N(C)C2=O. The molecule has 2 N–H and O–H groups in total. The van der Waals surface area contributed by atoms with Gasteiger partial charge in [0.25, 0.3) is 11.8 Å². The second-order valence-corrected chi connectivity index (χ2v) is 6.60. The fraction of sp³-hybridized carbons (Fsp3) is 0.333.